The number of hydrogen-bond donors (Lipinski definition) is 2. The summed E-state index contributed by atoms with van der Waals surface area (Å²) < 4.78 is 35.8. The zero-order chi connectivity index (χ0) is 12.3. The van der Waals surface area contributed by atoms with Crippen LogP contribution in [0.2, 0.25) is 0 Å². The van der Waals surface area contributed by atoms with Crippen LogP contribution in [0.25, 0.3) is 0 Å². The average Bonchev–Trinajstić information content (AvgIpc) is 2.15. The third-order valence-corrected chi connectivity index (χ3v) is 2.65. The summed E-state index contributed by atoms with van der Waals surface area (Å²) in [6.45, 7) is 1.28. The quantitative estimate of drug-likeness (QED) is 0.772. The molecular weight excluding hydrogens is 234 g/mol. The van der Waals surface area contributed by atoms with Crippen molar-refractivity contribution in [1.29, 1.82) is 0 Å². The van der Waals surface area contributed by atoms with Gasteiger partial charge in [0.15, 0.2) is 5.75 Å². The molecular formula is C9H11NO5S. The van der Waals surface area contributed by atoms with Crippen LogP contribution in [0, 0.1) is 0 Å². The third-order valence-electron chi connectivity index (χ3n) is 1.77. The van der Waals surface area contributed by atoms with Gasteiger partial charge in [-0.3, -0.25) is 9.35 Å². The number of para-hydroxylation sites is 1. The summed E-state index contributed by atoms with van der Waals surface area (Å²) in [5, 5.41) is 2.40. The van der Waals surface area contributed by atoms with E-state index in [2.05, 4.69) is 5.32 Å². The van der Waals surface area contributed by atoms with Crippen molar-refractivity contribution in [3.63, 3.8) is 0 Å². The Labute approximate surface area is 93.0 Å². The maximum atomic E-state index is 11.0. The van der Waals surface area contributed by atoms with Gasteiger partial charge in [0, 0.05) is 6.92 Å². The van der Waals surface area contributed by atoms with E-state index in [9.17, 15) is 13.2 Å². The topological polar surface area (TPSA) is 92.7 Å². The van der Waals surface area contributed by atoms with Crippen LogP contribution in [0.3, 0.4) is 0 Å². The van der Waals surface area contributed by atoms with Gasteiger partial charge in [0.25, 0.3) is 10.1 Å². The normalized spacial score (nSPS) is 10.9. The van der Waals surface area contributed by atoms with Gasteiger partial charge in [-0.1, -0.05) is 6.07 Å². The van der Waals surface area contributed by atoms with Gasteiger partial charge in [0.1, 0.15) is 4.90 Å². The molecule has 0 aliphatic heterocycles. The first-order valence-electron chi connectivity index (χ1n) is 4.28. The molecule has 1 aromatic rings. The van der Waals surface area contributed by atoms with Gasteiger partial charge < -0.3 is 10.1 Å². The van der Waals surface area contributed by atoms with Gasteiger partial charge in [0.05, 0.1) is 12.8 Å². The second-order valence-electron chi connectivity index (χ2n) is 2.99. The van der Waals surface area contributed by atoms with Gasteiger partial charge in [0.2, 0.25) is 5.91 Å². The Morgan fingerprint density at radius 2 is 2.06 bits per heavy atom. The number of ether oxygens (including phenoxy) is 1. The van der Waals surface area contributed by atoms with Crippen LogP contribution in [-0.4, -0.2) is 26.0 Å². The average molecular weight is 245 g/mol. The highest BCUT2D eigenvalue weighted by Gasteiger charge is 2.19. The molecule has 0 fully saturated rings. The summed E-state index contributed by atoms with van der Waals surface area (Å²) in [5.74, 6) is -0.467. The predicted molar refractivity (Wildman–Crippen MR) is 57.1 cm³/mol. The molecule has 0 aliphatic rings. The summed E-state index contributed by atoms with van der Waals surface area (Å²) in [6, 6.07) is 4.03. The van der Waals surface area contributed by atoms with Crippen molar-refractivity contribution in [2.24, 2.45) is 0 Å². The monoisotopic (exact) mass is 245 g/mol. The summed E-state index contributed by atoms with van der Waals surface area (Å²) in [4.78, 5) is 10.5. The SMILES string of the molecule is COc1c(NC(C)=O)cccc1S(=O)(=O)O. The molecule has 1 aromatic carbocycles. The minimum Gasteiger partial charge on any atom is -0.493 e. The van der Waals surface area contributed by atoms with Gasteiger partial charge in [-0.15, -0.1) is 0 Å². The molecule has 0 radical (unpaired) electrons. The van der Waals surface area contributed by atoms with E-state index in [1.54, 1.807) is 0 Å². The highest BCUT2D eigenvalue weighted by molar-refractivity contribution is 7.86. The Morgan fingerprint density at radius 1 is 1.44 bits per heavy atom. The minimum absolute atomic E-state index is 0.0970. The molecule has 0 aliphatic carbocycles. The van der Waals surface area contributed by atoms with Gasteiger partial charge >= 0.3 is 0 Å². The molecule has 88 valence electrons. The van der Waals surface area contributed by atoms with Crippen LogP contribution in [0.4, 0.5) is 5.69 Å². The maximum Gasteiger partial charge on any atom is 0.298 e. The zero-order valence-corrected chi connectivity index (χ0v) is 9.54. The lowest BCUT2D eigenvalue weighted by Gasteiger charge is -2.11. The second kappa shape index (κ2) is 4.50. The number of hydrogen-bond acceptors (Lipinski definition) is 4. The first-order chi connectivity index (χ1) is 7.36. The summed E-state index contributed by atoms with van der Waals surface area (Å²) in [7, 11) is -3.13. The van der Waals surface area contributed by atoms with Crippen molar-refractivity contribution in [3.05, 3.63) is 18.2 Å². The van der Waals surface area contributed by atoms with Crippen molar-refractivity contribution in [2.45, 2.75) is 11.8 Å². The fraction of sp³-hybridized carbons (Fsp3) is 0.222. The zero-order valence-electron chi connectivity index (χ0n) is 8.72. The van der Waals surface area contributed by atoms with Crippen LogP contribution >= 0.6 is 0 Å². The van der Waals surface area contributed by atoms with Crippen molar-refractivity contribution in [3.8, 4) is 5.75 Å². The largest absolute Gasteiger partial charge is 0.493 e. The maximum absolute atomic E-state index is 11.0. The van der Waals surface area contributed by atoms with Crippen molar-refractivity contribution in [2.75, 3.05) is 12.4 Å². The molecule has 0 spiro atoms. The second-order valence-corrected chi connectivity index (χ2v) is 4.38. The number of benzene rings is 1. The van der Waals surface area contributed by atoms with Gasteiger partial charge in [-0.2, -0.15) is 8.42 Å². The molecule has 0 bridgehead atoms. The van der Waals surface area contributed by atoms with Gasteiger partial charge in [-0.25, -0.2) is 0 Å². The van der Waals surface area contributed by atoms with Crippen molar-refractivity contribution >= 4 is 21.7 Å². The molecule has 1 amide bonds. The van der Waals surface area contributed by atoms with Crippen LogP contribution < -0.4 is 10.1 Å². The van der Waals surface area contributed by atoms with E-state index in [-0.39, 0.29) is 22.2 Å². The molecule has 0 saturated heterocycles. The lowest BCUT2D eigenvalue weighted by Crippen LogP contribution is -2.09. The van der Waals surface area contributed by atoms with Crippen LogP contribution in [0.15, 0.2) is 23.1 Å². The standard InChI is InChI=1S/C9H11NO5S/c1-6(11)10-7-4-3-5-8(9(7)15-2)16(12,13)14/h3-5H,1-2H3,(H,10,11)(H,12,13,14). The number of nitrogens with one attached hydrogen (secondary N) is 1. The smallest absolute Gasteiger partial charge is 0.298 e. The van der Waals surface area contributed by atoms with Crippen molar-refractivity contribution < 1.29 is 22.5 Å². The van der Waals surface area contributed by atoms with E-state index in [1.165, 1.54) is 32.2 Å². The summed E-state index contributed by atoms with van der Waals surface area (Å²) in [5.41, 5.74) is 0.185. The fourth-order valence-electron chi connectivity index (χ4n) is 1.22. The molecule has 0 heterocycles. The molecule has 0 saturated carbocycles. The van der Waals surface area contributed by atoms with E-state index >= 15 is 0 Å². The van der Waals surface area contributed by atoms with E-state index in [1.807, 2.05) is 0 Å². The number of anilines is 1. The van der Waals surface area contributed by atoms with E-state index in [0.29, 0.717) is 0 Å². The molecule has 6 nitrogen and oxygen atoms in total. The fourth-order valence-corrected chi connectivity index (χ4v) is 1.90. The summed E-state index contributed by atoms with van der Waals surface area (Å²) >= 11 is 0. The molecule has 0 atom stereocenters. The Morgan fingerprint density at radius 3 is 2.50 bits per heavy atom. The highest BCUT2D eigenvalue weighted by atomic mass is 32.2. The molecule has 1 rings (SSSR count). The summed E-state index contributed by atoms with van der Waals surface area (Å²) in [6.07, 6.45) is 0. The lowest BCUT2D eigenvalue weighted by molar-refractivity contribution is -0.114. The van der Waals surface area contributed by atoms with E-state index < -0.39 is 10.1 Å². The highest BCUT2D eigenvalue weighted by Crippen LogP contribution is 2.31. The molecule has 2 N–H and O–H groups in total. The van der Waals surface area contributed by atoms with E-state index in [0.717, 1.165) is 0 Å². The Bertz CT molecular complexity index is 509. The van der Waals surface area contributed by atoms with E-state index in [4.69, 9.17) is 9.29 Å². The molecule has 0 aromatic heterocycles. The Balaban J connectivity index is 3.38. The Hall–Kier alpha value is -1.60. The van der Waals surface area contributed by atoms with Crippen LogP contribution in [0.1, 0.15) is 6.92 Å². The van der Waals surface area contributed by atoms with Crippen LogP contribution in [0.5, 0.6) is 5.75 Å². The first-order valence-corrected chi connectivity index (χ1v) is 5.72. The first kappa shape index (κ1) is 12.5. The van der Waals surface area contributed by atoms with Gasteiger partial charge in [-0.05, 0) is 12.1 Å². The minimum atomic E-state index is -4.38. The number of methoxy groups -OCH3 is 1. The number of carbonyl (C=O) groups excluding carboxylic acids is 1. The number of amides is 1. The third kappa shape index (κ3) is 2.71. The van der Waals surface area contributed by atoms with Crippen LogP contribution in [-0.2, 0) is 14.9 Å². The van der Waals surface area contributed by atoms with Crippen molar-refractivity contribution in [1.82, 2.24) is 0 Å². The number of rotatable bonds is 3. The lowest BCUT2D eigenvalue weighted by atomic mass is 10.3. The Kier molecular flexibility index (Phi) is 3.51. The molecule has 16 heavy (non-hydrogen) atoms. The molecule has 0 unspecified atom stereocenters. The molecule has 7 heteroatoms. The number of carbonyl (C=O) groups is 1. The predicted octanol–water partition coefficient (Wildman–Crippen LogP) is 0.900.